The second-order valence-corrected chi connectivity index (χ2v) is 15.7. The Morgan fingerprint density at radius 1 is 1.07 bits per heavy atom. The number of benzene rings is 1. The van der Waals surface area contributed by atoms with Crippen molar-refractivity contribution in [1.82, 2.24) is 15.2 Å². The Morgan fingerprint density at radius 3 is 2.34 bits per heavy atom. The van der Waals surface area contributed by atoms with E-state index in [0.29, 0.717) is 31.1 Å². The van der Waals surface area contributed by atoms with E-state index in [0.717, 1.165) is 50.0 Å². The molecule has 3 heterocycles. The van der Waals surface area contributed by atoms with Gasteiger partial charge in [0.25, 0.3) is 11.8 Å². The van der Waals surface area contributed by atoms with Gasteiger partial charge in [-0.3, -0.25) is 19.3 Å². The van der Waals surface area contributed by atoms with Crippen molar-refractivity contribution in [3.05, 3.63) is 29.8 Å². The van der Waals surface area contributed by atoms with Gasteiger partial charge >= 0.3 is 0 Å². The van der Waals surface area contributed by atoms with E-state index in [1.165, 1.54) is 44.8 Å². The second kappa shape index (κ2) is 12.5. The summed E-state index contributed by atoms with van der Waals surface area (Å²) in [5, 5.41) is 16.5. The van der Waals surface area contributed by atoms with Crippen LogP contribution in [0.5, 0.6) is 5.75 Å². The standard InChI is InChI=1S/C32H46N4O4S/c1-31(2,3)20-23-22-9-10-24(37)29(28(22)34-30(23)41-32(4,5)6)35-18-14-21(15-19-35)13-16-33-25(38)8-7-17-36-26(39)11-12-27(36)40/h9-12,21,34,37H,7-8,13-20H2,1-6H3,(H,33,38)/p+1. The summed E-state index contributed by atoms with van der Waals surface area (Å²) in [7, 11) is 0. The third-order valence-electron chi connectivity index (χ3n) is 7.66. The van der Waals surface area contributed by atoms with Crippen molar-refractivity contribution in [2.45, 2.75) is 89.8 Å². The van der Waals surface area contributed by atoms with Crippen LogP contribution in [0.1, 0.15) is 79.2 Å². The molecular weight excluding hydrogens is 536 g/mol. The summed E-state index contributed by atoms with van der Waals surface area (Å²) in [5.74, 6) is 0.165. The van der Waals surface area contributed by atoms with Gasteiger partial charge in [-0.05, 0) is 76.3 Å². The summed E-state index contributed by atoms with van der Waals surface area (Å²) in [6.07, 6.45) is 7.17. The Labute approximate surface area is 248 Å². The Morgan fingerprint density at radius 2 is 1.73 bits per heavy atom. The molecule has 41 heavy (non-hydrogen) atoms. The van der Waals surface area contributed by atoms with Crippen LogP contribution in [0, 0.1) is 11.3 Å². The minimum absolute atomic E-state index is 0.0470. The minimum atomic E-state index is -0.308. The van der Waals surface area contributed by atoms with Gasteiger partial charge in [-0.15, -0.1) is 0 Å². The number of aromatic hydroxyl groups is 1. The molecule has 0 atom stereocenters. The molecule has 4 rings (SSSR count). The lowest BCUT2D eigenvalue weighted by Crippen LogP contribution is -2.35. The number of amides is 3. The van der Waals surface area contributed by atoms with Crippen molar-refractivity contribution >= 4 is 46.1 Å². The number of thiol groups is 1. The Kier molecular flexibility index (Phi) is 9.46. The lowest BCUT2D eigenvalue weighted by molar-refractivity contribution is -0.137. The van der Waals surface area contributed by atoms with Crippen LogP contribution < -0.4 is 10.2 Å². The number of hydrogen-bond donors (Lipinski definition) is 3. The molecule has 3 N–H and O–H groups in total. The molecule has 0 unspecified atom stereocenters. The lowest BCUT2D eigenvalue weighted by atomic mass is 9.88. The molecule has 1 fully saturated rings. The minimum Gasteiger partial charge on any atom is -0.506 e. The van der Waals surface area contributed by atoms with Gasteiger partial charge < -0.3 is 20.3 Å². The molecule has 0 saturated carbocycles. The zero-order valence-corrected chi connectivity index (χ0v) is 26.4. The predicted octanol–water partition coefficient (Wildman–Crippen LogP) is 4.86. The van der Waals surface area contributed by atoms with Crippen molar-refractivity contribution in [3.8, 4) is 5.75 Å². The number of carbonyl (C=O) groups is 3. The molecule has 2 aliphatic rings. The number of rotatable bonds is 10. The van der Waals surface area contributed by atoms with Crippen molar-refractivity contribution < 1.29 is 19.5 Å². The number of fused-ring (bicyclic) bond motifs is 1. The van der Waals surface area contributed by atoms with Crippen molar-refractivity contribution in [3.63, 3.8) is 0 Å². The monoisotopic (exact) mass is 583 g/mol. The molecule has 1 aromatic carbocycles. The molecule has 8 nitrogen and oxygen atoms in total. The van der Waals surface area contributed by atoms with Crippen LogP contribution in [0.4, 0.5) is 5.69 Å². The smallest absolute Gasteiger partial charge is 0.253 e. The highest BCUT2D eigenvalue weighted by atomic mass is 32.2. The van der Waals surface area contributed by atoms with Crippen molar-refractivity contribution in [2.75, 3.05) is 31.1 Å². The topological polar surface area (TPSA) is 106 Å². The molecule has 0 radical (unpaired) electrons. The summed E-state index contributed by atoms with van der Waals surface area (Å²) in [5.41, 5.74) is 3.44. The average Bonchev–Trinajstić information content (AvgIpc) is 3.36. The van der Waals surface area contributed by atoms with Gasteiger partial charge in [0.2, 0.25) is 10.9 Å². The van der Waals surface area contributed by atoms with E-state index in [1.807, 2.05) is 6.07 Å². The number of aromatic nitrogens is 1. The third-order valence-corrected chi connectivity index (χ3v) is 8.93. The van der Waals surface area contributed by atoms with Gasteiger partial charge in [0, 0.05) is 67.5 Å². The maximum atomic E-state index is 12.3. The maximum absolute atomic E-state index is 12.3. The molecular formula is C32H47N4O4S+. The molecule has 0 aliphatic carbocycles. The Bertz CT molecular complexity index is 1290. The van der Waals surface area contributed by atoms with E-state index in [2.05, 4.69) is 62.8 Å². The summed E-state index contributed by atoms with van der Waals surface area (Å²) in [6, 6.07) is 3.92. The number of carbonyl (C=O) groups excluding carboxylic acids is 3. The largest absolute Gasteiger partial charge is 0.506 e. The molecule has 3 amide bonds. The second-order valence-electron chi connectivity index (χ2n) is 13.7. The van der Waals surface area contributed by atoms with Crippen LogP contribution in [-0.4, -0.2) is 63.6 Å². The molecule has 0 bridgehead atoms. The normalized spacial score (nSPS) is 16.8. The molecule has 1 aromatic heterocycles. The zero-order valence-electron chi connectivity index (χ0n) is 25.5. The highest BCUT2D eigenvalue weighted by molar-refractivity contribution is 7.80. The number of hydrogen-bond acceptors (Lipinski definition) is 5. The molecule has 2 aromatic rings. The van der Waals surface area contributed by atoms with Crippen LogP contribution in [0.15, 0.2) is 29.3 Å². The molecule has 0 spiro atoms. The summed E-state index contributed by atoms with van der Waals surface area (Å²) >= 11 is 1.25. The van der Waals surface area contributed by atoms with Crippen LogP contribution >= 0.6 is 0 Å². The first kappa shape index (κ1) is 31.0. The summed E-state index contributed by atoms with van der Waals surface area (Å²) in [6.45, 7) is 16.2. The summed E-state index contributed by atoms with van der Waals surface area (Å²) in [4.78, 5) is 42.7. The number of phenolic OH excluding ortho intramolecular Hbond substituents is 1. The number of anilines is 1. The number of H-pyrrole nitrogens is 1. The number of nitrogens with one attached hydrogen (secondary N) is 2. The van der Waals surface area contributed by atoms with Gasteiger partial charge in [0.15, 0.2) is 0 Å². The Hall–Kier alpha value is -2.94. The number of aromatic amines is 1. The van der Waals surface area contributed by atoms with Gasteiger partial charge in [-0.25, -0.2) is 0 Å². The Balaban J connectivity index is 1.33. The van der Waals surface area contributed by atoms with E-state index in [1.54, 1.807) is 0 Å². The molecule has 2 aliphatic heterocycles. The van der Waals surface area contributed by atoms with Crippen LogP contribution in [-0.2, 0) is 32.6 Å². The third kappa shape index (κ3) is 8.09. The van der Waals surface area contributed by atoms with E-state index < -0.39 is 0 Å². The SMILES string of the molecule is CC(C)(C)Cc1c([SH+]C(C)(C)C)[nH]c2c(N3CCC(CCNC(=O)CCCN4C(=O)C=CC4=O)CC3)c(O)ccc12. The molecule has 1 saturated heterocycles. The van der Waals surface area contributed by atoms with Crippen molar-refractivity contribution in [2.24, 2.45) is 11.3 Å². The fourth-order valence-corrected chi connectivity index (χ4v) is 6.91. The average molecular weight is 584 g/mol. The number of nitrogens with zero attached hydrogens (tertiary/aromatic N) is 2. The van der Waals surface area contributed by atoms with E-state index in [4.69, 9.17) is 0 Å². The molecule has 9 heteroatoms. The number of phenols is 1. The fraction of sp³-hybridized carbons (Fsp3) is 0.594. The van der Waals surface area contributed by atoms with Gasteiger partial charge in [0.05, 0.1) is 5.52 Å². The first-order valence-electron chi connectivity index (χ1n) is 14.9. The lowest BCUT2D eigenvalue weighted by Gasteiger charge is -2.34. The zero-order chi connectivity index (χ0) is 29.9. The fourth-order valence-electron chi connectivity index (χ4n) is 5.74. The first-order chi connectivity index (χ1) is 19.2. The predicted molar refractivity (Wildman–Crippen MR) is 168 cm³/mol. The molecule has 224 valence electrons. The first-order valence-corrected chi connectivity index (χ1v) is 15.8. The van der Waals surface area contributed by atoms with E-state index >= 15 is 0 Å². The van der Waals surface area contributed by atoms with Gasteiger partial charge in [-0.1, -0.05) is 20.8 Å². The van der Waals surface area contributed by atoms with Gasteiger partial charge in [0.1, 0.15) is 16.2 Å². The van der Waals surface area contributed by atoms with Crippen LogP contribution in [0.3, 0.4) is 0 Å². The quantitative estimate of drug-likeness (QED) is 0.210. The number of piperidine rings is 1. The number of imide groups is 1. The van der Waals surface area contributed by atoms with E-state index in [-0.39, 0.29) is 34.4 Å². The highest BCUT2D eigenvalue weighted by Gasteiger charge is 2.32. The summed E-state index contributed by atoms with van der Waals surface area (Å²) < 4.78 is 0.118. The van der Waals surface area contributed by atoms with E-state index in [9.17, 15) is 19.5 Å². The maximum Gasteiger partial charge on any atom is 0.253 e. The van der Waals surface area contributed by atoms with Crippen LogP contribution in [0.25, 0.3) is 10.9 Å². The van der Waals surface area contributed by atoms with Crippen molar-refractivity contribution in [1.29, 1.82) is 0 Å². The van der Waals surface area contributed by atoms with Gasteiger partial charge in [-0.2, -0.15) is 0 Å². The van der Waals surface area contributed by atoms with Crippen LogP contribution in [0.2, 0.25) is 0 Å². The highest BCUT2D eigenvalue weighted by Crippen LogP contribution is 2.42.